The Bertz CT molecular complexity index is 1470. The number of benzene rings is 2. The molecule has 0 aliphatic carbocycles. The summed E-state index contributed by atoms with van der Waals surface area (Å²) in [6.45, 7) is 2.48. The number of pyridine rings is 1. The summed E-state index contributed by atoms with van der Waals surface area (Å²) in [4.78, 5) is 30.5. The van der Waals surface area contributed by atoms with Crippen LogP contribution in [0.5, 0.6) is 0 Å². The van der Waals surface area contributed by atoms with Crippen molar-refractivity contribution < 1.29 is 26.8 Å². The van der Waals surface area contributed by atoms with Gasteiger partial charge in [-0.05, 0) is 74.0 Å². The van der Waals surface area contributed by atoms with Gasteiger partial charge in [0.25, 0.3) is 5.91 Å². The molecule has 1 unspecified atom stereocenters. The number of nitrogens with zero attached hydrogens (tertiary/aromatic N) is 1. The summed E-state index contributed by atoms with van der Waals surface area (Å²) < 4.78 is 60.7. The first kappa shape index (κ1) is 25.1. The number of carbonyl (C=O) groups is 1. The number of carbonyl (C=O) groups excluding carboxylic acids is 1. The molecule has 0 fully saturated rings. The van der Waals surface area contributed by atoms with Crippen LogP contribution in [-0.2, 0) is 5.54 Å². The molecular formula is C25H22F4N4O3. The van der Waals surface area contributed by atoms with E-state index >= 15 is 0 Å². The molecule has 0 saturated heterocycles. The molecular weight excluding hydrogens is 480 g/mol. The van der Waals surface area contributed by atoms with Crippen LogP contribution < -0.4 is 16.8 Å². The van der Waals surface area contributed by atoms with Crippen molar-refractivity contribution in [1.82, 2.24) is 15.3 Å². The molecule has 0 spiro atoms. The van der Waals surface area contributed by atoms with Gasteiger partial charge in [0.1, 0.15) is 11.7 Å². The quantitative estimate of drug-likeness (QED) is 0.334. The summed E-state index contributed by atoms with van der Waals surface area (Å²) in [5, 5.41) is 2.30. The number of alkyl halides is 3. The molecule has 188 valence electrons. The number of aromatic nitrogens is 2. The number of nitrogens with one attached hydrogen (secondary N) is 2. The van der Waals surface area contributed by atoms with Gasteiger partial charge in [0, 0.05) is 23.2 Å². The SMILES string of the molecule is CC(C)(N)c1cc(-c2ccc(F)cc2)nc(C(CNC(=O)c2ccc3oc(=O)[nH]c3c2)C(F)(F)F)c1. The van der Waals surface area contributed by atoms with Crippen LogP contribution in [0.2, 0.25) is 0 Å². The summed E-state index contributed by atoms with van der Waals surface area (Å²) in [7, 11) is 0. The molecule has 4 rings (SSSR count). The summed E-state index contributed by atoms with van der Waals surface area (Å²) in [5.74, 6) is -4.14. The predicted molar refractivity (Wildman–Crippen MR) is 125 cm³/mol. The van der Waals surface area contributed by atoms with Gasteiger partial charge in [0.15, 0.2) is 5.58 Å². The van der Waals surface area contributed by atoms with E-state index in [2.05, 4.69) is 15.3 Å². The van der Waals surface area contributed by atoms with Crippen molar-refractivity contribution in [1.29, 1.82) is 0 Å². The third-order valence-corrected chi connectivity index (χ3v) is 5.63. The molecule has 0 bridgehead atoms. The summed E-state index contributed by atoms with van der Waals surface area (Å²) in [6.07, 6.45) is -4.75. The second kappa shape index (κ2) is 9.23. The van der Waals surface area contributed by atoms with Crippen LogP contribution >= 0.6 is 0 Å². The molecule has 2 aromatic heterocycles. The fourth-order valence-electron chi connectivity index (χ4n) is 3.65. The molecule has 36 heavy (non-hydrogen) atoms. The van der Waals surface area contributed by atoms with E-state index in [0.717, 1.165) is 0 Å². The number of hydrogen-bond donors (Lipinski definition) is 3. The van der Waals surface area contributed by atoms with Gasteiger partial charge < -0.3 is 15.5 Å². The number of nitrogens with two attached hydrogens (primary N) is 1. The molecule has 0 saturated carbocycles. The summed E-state index contributed by atoms with van der Waals surface area (Å²) in [6, 6.07) is 12.0. The van der Waals surface area contributed by atoms with Crippen LogP contribution in [0, 0.1) is 5.82 Å². The standard InChI is InChI=1S/C25H22F4N4O3/c1-24(2,30)15-10-18(13-3-6-16(26)7-4-13)32-19(11-15)17(25(27,28)29)12-31-22(34)14-5-8-21-20(9-14)33-23(35)36-21/h3-11,17H,12,30H2,1-2H3,(H,31,34)(H,33,35). The first-order valence-corrected chi connectivity index (χ1v) is 10.9. The highest BCUT2D eigenvalue weighted by atomic mass is 19.4. The number of halogens is 4. The van der Waals surface area contributed by atoms with E-state index in [-0.39, 0.29) is 28.1 Å². The fourth-order valence-corrected chi connectivity index (χ4v) is 3.65. The van der Waals surface area contributed by atoms with Gasteiger partial charge in [-0.25, -0.2) is 9.18 Å². The van der Waals surface area contributed by atoms with Crippen LogP contribution in [0.15, 0.2) is 63.8 Å². The smallest absolute Gasteiger partial charge is 0.408 e. The van der Waals surface area contributed by atoms with Crippen molar-refractivity contribution in [2.24, 2.45) is 5.73 Å². The van der Waals surface area contributed by atoms with Crippen LogP contribution in [0.3, 0.4) is 0 Å². The van der Waals surface area contributed by atoms with E-state index in [1.807, 2.05) is 0 Å². The van der Waals surface area contributed by atoms with E-state index in [4.69, 9.17) is 10.2 Å². The zero-order valence-corrected chi connectivity index (χ0v) is 19.2. The Morgan fingerprint density at radius 3 is 2.44 bits per heavy atom. The Hall–Kier alpha value is -3.99. The first-order chi connectivity index (χ1) is 16.8. The van der Waals surface area contributed by atoms with E-state index in [0.29, 0.717) is 11.1 Å². The number of oxazole rings is 1. The number of rotatable bonds is 6. The third-order valence-electron chi connectivity index (χ3n) is 5.63. The lowest BCUT2D eigenvalue weighted by atomic mass is 9.91. The average Bonchev–Trinajstić information content (AvgIpc) is 3.17. The molecule has 4 N–H and O–H groups in total. The minimum Gasteiger partial charge on any atom is -0.408 e. The third kappa shape index (κ3) is 5.46. The zero-order chi connectivity index (χ0) is 26.3. The lowest BCUT2D eigenvalue weighted by Gasteiger charge is -2.25. The maximum Gasteiger partial charge on any atom is 0.417 e. The van der Waals surface area contributed by atoms with E-state index in [9.17, 15) is 27.2 Å². The van der Waals surface area contributed by atoms with E-state index < -0.39 is 41.7 Å². The van der Waals surface area contributed by atoms with Crippen LogP contribution in [0.1, 0.15) is 41.4 Å². The minimum absolute atomic E-state index is 0.0391. The van der Waals surface area contributed by atoms with Gasteiger partial charge in [0.2, 0.25) is 0 Å². The molecule has 1 amide bonds. The number of H-pyrrole nitrogens is 1. The zero-order valence-electron chi connectivity index (χ0n) is 19.2. The molecule has 7 nitrogen and oxygen atoms in total. The van der Waals surface area contributed by atoms with Crippen molar-refractivity contribution in [2.45, 2.75) is 31.5 Å². The molecule has 2 aromatic carbocycles. The van der Waals surface area contributed by atoms with Gasteiger partial charge in [-0.1, -0.05) is 0 Å². The van der Waals surface area contributed by atoms with E-state index in [1.165, 1.54) is 48.5 Å². The van der Waals surface area contributed by atoms with Gasteiger partial charge >= 0.3 is 11.9 Å². The number of fused-ring (bicyclic) bond motifs is 1. The van der Waals surface area contributed by atoms with Crippen LogP contribution in [0.25, 0.3) is 22.4 Å². The Morgan fingerprint density at radius 1 is 1.11 bits per heavy atom. The highest BCUT2D eigenvalue weighted by molar-refractivity contribution is 5.97. The fraction of sp³-hybridized carbons (Fsp3) is 0.240. The van der Waals surface area contributed by atoms with Crippen LogP contribution in [-0.4, -0.2) is 28.6 Å². The van der Waals surface area contributed by atoms with Gasteiger partial charge in [-0.2, -0.15) is 13.2 Å². The highest BCUT2D eigenvalue weighted by Crippen LogP contribution is 2.36. The topological polar surface area (TPSA) is 114 Å². The Kier molecular flexibility index (Phi) is 6.44. The van der Waals surface area contributed by atoms with Crippen molar-refractivity contribution in [3.05, 3.63) is 87.8 Å². The average molecular weight is 502 g/mol. The highest BCUT2D eigenvalue weighted by Gasteiger charge is 2.42. The molecule has 0 aliphatic rings. The second-order valence-electron chi connectivity index (χ2n) is 8.92. The largest absolute Gasteiger partial charge is 0.417 e. The molecule has 2 heterocycles. The molecule has 0 radical (unpaired) electrons. The molecule has 4 aromatic rings. The first-order valence-electron chi connectivity index (χ1n) is 10.9. The van der Waals surface area contributed by atoms with Crippen LogP contribution in [0.4, 0.5) is 17.6 Å². The van der Waals surface area contributed by atoms with E-state index in [1.54, 1.807) is 19.9 Å². The second-order valence-corrected chi connectivity index (χ2v) is 8.92. The maximum atomic E-state index is 14.2. The minimum atomic E-state index is -4.75. The van der Waals surface area contributed by atoms with Crippen molar-refractivity contribution >= 4 is 17.0 Å². The summed E-state index contributed by atoms with van der Waals surface area (Å²) in [5.41, 5.74) is 6.33. The number of hydrogen-bond acceptors (Lipinski definition) is 5. The monoisotopic (exact) mass is 502 g/mol. The Labute approximate surface area is 202 Å². The Balaban J connectivity index is 1.68. The normalized spacial score (nSPS) is 13.1. The van der Waals surface area contributed by atoms with Crippen molar-refractivity contribution in [3.63, 3.8) is 0 Å². The maximum absolute atomic E-state index is 14.2. The molecule has 1 atom stereocenters. The van der Waals surface area contributed by atoms with Crippen molar-refractivity contribution in [3.8, 4) is 11.3 Å². The molecule has 11 heteroatoms. The number of aromatic amines is 1. The van der Waals surface area contributed by atoms with Gasteiger partial charge in [0.05, 0.1) is 16.9 Å². The van der Waals surface area contributed by atoms with Gasteiger partial charge in [-0.15, -0.1) is 0 Å². The molecule has 0 aliphatic heterocycles. The summed E-state index contributed by atoms with van der Waals surface area (Å²) >= 11 is 0. The van der Waals surface area contributed by atoms with Crippen molar-refractivity contribution in [2.75, 3.05) is 6.54 Å². The van der Waals surface area contributed by atoms with Gasteiger partial charge in [-0.3, -0.25) is 14.8 Å². The Morgan fingerprint density at radius 2 is 1.81 bits per heavy atom. The lowest BCUT2D eigenvalue weighted by Crippen LogP contribution is -2.36. The lowest BCUT2D eigenvalue weighted by molar-refractivity contribution is -0.149. The predicted octanol–water partition coefficient (Wildman–Crippen LogP) is 4.59. The number of amides is 1.